The number of imidazole rings is 1. The summed E-state index contributed by atoms with van der Waals surface area (Å²) >= 11 is 0. The lowest BCUT2D eigenvalue weighted by atomic mass is 10.1. The van der Waals surface area contributed by atoms with Crippen LogP contribution in [0.5, 0.6) is 0 Å². The van der Waals surface area contributed by atoms with Gasteiger partial charge >= 0.3 is 0 Å². The largest absolute Gasteiger partial charge is 0.327 e. The maximum atomic E-state index is 12.8. The lowest BCUT2D eigenvalue weighted by molar-refractivity contribution is 0.0841. The Morgan fingerprint density at radius 3 is 2.46 bits per heavy atom. The van der Waals surface area contributed by atoms with Crippen molar-refractivity contribution in [2.45, 2.75) is 32.2 Å². The number of hydrogen-bond acceptors (Lipinski definition) is 4. The molecule has 0 bridgehead atoms. The van der Waals surface area contributed by atoms with Crippen LogP contribution in [0.15, 0.2) is 54.7 Å². The number of hydrogen-bond donors (Lipinski definition) is 2. The van der Waals surface area contributed by atoms with Crippen molar-refractivity contribution >= 4 is 11.8 Å². The lowest BCUT2D eigenvalue weighted by Crippen LogP contribution is -2.42. The fourth-order valence-corrected chi connectivity index (χ4v) is 3.44. The molecule has 1 aliphatic rings. The molecule has 7 nitrogen and oxygen atoms in total. The van der Waals surface area contributed by atoms with Crippen LogP contribution in [0, 0.1) is 0 Å². The second-order valence-electron chi connectivity index (χ2n) is 6.68. The molecule has 1 aliphatic heterocycles. The molecule has 1 aromatic carbocycles. The molecule has 4 rings (SSSR count). The van der Waals surface area contributed by atoms with Crippen LogP contribution in [0.1, 0.15) is 45.9 Å². The van der Waals surface area contributed by atoms with Crippen molar-refractivity contribution in [1.82, 2.24) is 25.4 Å². The van der Waals surface area contributed by atoms with E-state index in [1.807, 2.05) is 30.3 Å². The minimum Gasteiger partial charge on any atom is -0.327 e. The molecule has 0 saturated carbocycles. The van der Waals surface area contributed by atoms with Gasteiger partial charge in [0.15, 0.2) is 5.69 Å². The van der Waals surface area contributed by atoms with Gasteiger partial charge in [0.05, 0.1) is 5.69 Å². The standard InChI is InChI=1S/C21H21N5O2/c27-20(16-11-6-7-13-22-16)24-25-21(28)18-17-12-5-2-8-14-26(17)19(23-18)15-9-3-1-4-10-15/h1,3-4,6-7,9-11,13H,2,5,8,12,14H2,(H,24,27)(H,25,28). The van der Waals surface area contributed by atoms with Crippen LogP contribution in [0.2, 0.25) is 0 Å². The van der Waals surface area contributed by atoms with E-state index in [1.54, 1.807) is 18.2 Å². The number of carbonyl (C=O) groups excluding carboxylic acids is 2. The topological polar surface area (TPSA) is 88.9 Å². The minimum absolute atomic E-state index is 0.233. The smallest absolute Gasteiger partial charge is 0.290 e. The van der Waals surface area contributed by atoms with Crippen molar-refractivity contribution in [3.8, 4) is 11.4 Å². The van der Waals surface area contributed by atoms with E-state index in [0.29, 0.717) is 5.69 Å². The summed E-state index contributed by atoms with van der Waals surface area (Å²) in [5, 5.41) is 0. The van der Waals surface area contributed by atoms with E-state index >= 15 is 0 Å². The van der Waals surface area contributed by atoms with Gasteiger partial charge in [-0.25, -0.2) is 4.98 Å². The quantitative estimate of drug-likeness (QED) is 0.689. The normalized spacial score (nSPS) is 13.3. The van der Waals surface area contributed by atoms with Gasteiger partial charge in [-0.3, -0.25) is 25.4 Å². The zero-order valence-corrected chi connectivity index (χ0v) is 15.4. The first-order valence-electron chi connectivity index (χ1n) is 9.40. The Bertz CT molecular complexity index is 983. The molecule has 3 heterocycles. The SMILES string of the molecule is O=C(NNC(=O)c1nc(-c2ccccc2)n2c1CCCCC2)c1ccccn1. The lowest BCUT2D eigenvalue weighted by Gasteiger charge is -2.09. The molecule has 0 spiro atoms. The Morgan fingerprint density at radius 1 is 0.893 bits per heavy atom. The van der Waals surface area contributed by atoms with Crippen molar-refractivity contribution in [1.29, 1.82) is 0 Å². The van der Waals surface area contributed by atoms with E-state index < -0.39 is 11.8 Å². The van der Waals surface area contributed by atoms with Crippen molar-refractivity contribution < 1.29 is 9.59 Å². The van der Waals surface area contributed by atoms with Crippen LogP contribution in [0.4, 0.5) is 0 Å². The van der Waals surface area contributed by atoms with Crippen molar-refractivity contribution in [3.05, 3.63) is 71.8 Å². The maximum absolute atomic E-state index is 12.8. The summed E-state index contributed by atoms with van der Waals surface area (Å²) in [6, 6.07) is 14.9. The number of rotatable bonds is 3. The third-order valence-electron chi connectivity index (χ3n) is 4.80. The van der Waals surface area contributed by atoms with Crippen LogP contribution in [-0.2, 0) is 13.0 Å². The molecular weight excluding hydrogens is 354 g/mol. The molecule has 0 saturated heterocycles. The highest BCUT2D eigenvalue weighted by molar-refractivity contribution is 5.98. The van der Waals surface area contributed by atoms with Gasteiger partial charge in [0.1, 0.15) is 11.5 Å². The molecule has 28 heavy (non-hydrogen) atoms. The number of aromatic nitrogens is 3. The zero-order chi connectivity index (χ0) is 19.3. The van der Waals surface area contributed by atoms with E-state index in [0.717, 1.165) is 49.3 Å². The van der Waals surface area contributed by atoms with Crippen molar-refractivity contribution in [3.63, 3.8) is 0 Å². The fourth-order valence-electron chi connectivity index (χ4n) is 3.44. The van der Waals surface area contributed by atoms with E-state index in [4.69, 9.17) is 0 Å². The van der Waals surface area contributed by atoms with Gasteiger partial charge in [-0.15, -0.1) is 0 Å². The fraction of sp³-hybridized carbons (Fsp3) is 0.238. The molecule has 0 radical (unpaired) electrons. The van der Waals surface area contributed by atoms with E-state index in [1.165, 1.54) is 6.20 Å². The van der Waals surface area contributed by atoms with Crippen LogP contribution in [-0.4, -0.2) is 26.3 Å². The van der Waals surface area contributed by atoms with Gasteiger partial charge in [-0.2, -0.15) is 0 Å². The first-order chi connectivity index (χ1) is 13.7. The predicted molar refractivity (Wildman–Crippen MR) is 104 cm³/mol. The summed E-state index contributed by atoms with van der Waals surface area (Å²) in [5.41, 5.74) is 7.38. The van der Waals surface area contributed by atoms with Crippen LogP contribution >= 0.6 is 0 Å². The number of hydrazine groups is 1. The Labute approximate surface area is 162 Å². The van der Waals surface area contributed by atoms with Crippen molar-refractivity contribution in [2.24, 2.45) is 0 Å². The van der Waals surface area contributed by atoms with Gasteiger partial charge in [0, 0.05) is 18.3 Å². The highest BCUT2D eigenvalue weighted by Crippen LogP contribution is 2.27. The second-order valence-corrected chi connectivity index (χ2v) is 6.68. The van der Waals surface area contributed by atoms with Crippen LogP contribution < -0.4 is 10.9 Å². The average Bonchev–Trinajstić information content (AvgIpc) is 2.94. The van der Waals surface area contributed by atoms with E-state index in [-0.39, 0.29) is 5.69 Å². The average molecular weight is 375 g/mol. The summed E-state index contributed by atoms with van der Waals surface area (Å²) in [6.07, 6.45) is 5.50. The molecule has 0 aliphatic carbocycles. The van der Waals surface area contributed by atoms with Gasteiger partial charge in [-0.1, -0.05) is 42.8 Å². The number of carbonyl (C=O) groups is 2. The molecule has 7 heteroatoms. The van der Waals surface area contributed by atoms with E-state index in [9.17, 15) is 9.59 Å². The second kappa shape index (κ2) is 8.04. The number of benzene rings is 1. The van der Waals surface area contributed by atoms with Gasteiger partial charge in [0.2, 0.25) is 0 Å². The van der Waals surface area contributed by atoms with Gasteiger partial charge < -0.3 is 4.57 Å². The molecular formula is C21H21N5O2. The predicted octanol–water partition coefficient (Wildman–Crippen LogP) is 2.75. The summed E-state index contributed by atoms with van der Waals surface area (Å²) < 4.78 is 2.14. The summed E-state index contributed by atoms with van der Waals surface area (Å²) in [6.45, 7) is 0.833. The molecule has 0 atom stereocenters. The van der Waals surface area contributed by atoms with Crippen molar-refractivity contribution in [2.75, 3.05) is 0 Å². The highest BCUT2D eigenvalue weighted by Gasteiger charge is 2.24. The number of nitrogens with zero attached hydrogens (tertiary/aromatic N) is 3. The summed E-state index contributed by atoms with van der Waals surface area (Å²) in [7, 11) is 0. The maximum Gasteiger partial charge on any atom is 0.290 e. The summed E-state index contributed by atoms with van der Waals surface area (Å²) in [4.78, 5) is 33.5. The van der Waals surface area contributed by atoms with Gasteiger partial charge in [-0.05, 0) is 31.4 Å². The van der Waals surface area contributed by atoms with E-state index in [2.05, 4.69) is 25.4 Å². The third kappa shape index (κ3) is 3.64. The number of amides is 2. The molecule has 2 aromatic heterocycles. The van der Waals surface area contributed by atoms with Crippen LogP contribution in [0.3, 0.4) is 0 Å². The molecule has 0 fully saturated rings. The Balaban J connectivity index is 1.59. The first-order valence-corrected chi connectivity index (χ1v) is 9.40. The first kappa shape index (κ1) is 17.9. The molecule has 2 N–H and O–H groups in total. The molecule has 3 aromatic rings. The number of pyridine rings is 1. The third-order valence-corrected chi connectivity index (χ3v) is 4.80. The Morgan fingerprint density at radius 2 is 1.68 bits per heavy atom. The zero-order valence-electron chi connectivity index (χ0n) is 15.4. The molecule has 142 valence electrons. The number of nitrogens with one attached hydrogen (secondary N) is 2. The summed E-state index contributed by atoms with van der Waals surface area (Å²) in [5.74, 6) is -0.0988. The van der Waals surface area contributed by atoms with Gasteiger partial charge in [0.25, 0.3) is 11.8 Å². The highest BCUT2D eigenvalue weighted by atomic mass is 16.2. The number of fused-ring (bicyclic) bond motifs is 1. The Kier molecular flexibility index (Phi) is 5.14. The minimum atomic E-state index is -0.470. The molecule has 2 amide bonds. The monoisotopic (exact) mass is 375 g/mol. The van der Waals surface area contributed by atoms with Crippen LogP contribution in [0.25, 0.3) is 11.4 Å². The molecule has 0 unspecified atom stereocenters. The Hall–Kier alpha value is -3.48.